The normalized spacial score (nSPS) is 16.2. The zero-order chi connectivity index (χ0) is 16.9. The van der Waals surface area contributed by atoms with Crippen LogP contribution in [0.3, 0.4) is 0 Å². The molecule has 7 heteroatoms. The van der Waals surface area contributed by atoms with Gasteiger partial charge in [0.25, 0.3) is 5.91 Å². The van der Waals surface area contributed by atoms with E-state index >= 15 is 0 Å². The first-order valence-corrected chi connectivity index (χ1v) is 8.55. The maximum absolute atomic E-state index is 12.0. The molecule has 0 radical (unpaired) electrons. The van der Waals surface area contributed by atoms with Gasteiger partial charge in [-0.1, -0.05) is 41.7 Å². The van der Waals surface area contributed by atoms with Crippen molar-refractivity contribution in [2.24, 2.45) is 0 Å². The fraction of sp³-hybridized carbons (Fsp3) is 0.471. The number of nitrogens with one attached hydrogen (secondary N) is 1. The second kappa shape index (κ2) is 7.77. The van der Waals surface area contributed by atoms with E-state index in [1.54, 1.807) is 24.3 Å². The fourth-order valence-corrected chi connectivity index (χ4v) is 3.13. The molecule has 0 aliphatic heterocycles. The smallest absolute Gasteiger partial charge is 0.253 e. The van der Waals surface area contributed by atoms with Crippen molar-refractivity contribution in [2.75, 3.05) is 6.54 Å². The molecular formula is C17H20ClN3O3. The predicted octanol–water partition coefficient (Wildman–Crippen LogP) is 2.77. The lowest BCUT2D eigenvalue weighted by Crippen LogP contribution is -2.31. The zero-order valence-corrected chi connectivity index (χ0v) is 14.0. The van der Waals surface area contributed by atoms with E-state index in [-0.39, 0.29) is 0 Å². The molecule has 6 nitrogen and oxygen atoms in total. The van der Waals surface area contributed by atoms with Crippen LogP contribution in [0.15, 0.2) is 28.8 Å². The Bertz CT molecular complexity index is 698. The van der Waals surface area contributed by atoms with E-state index in [1.165, 1.54) is 12.8 Å². The molecule has 1 atom stereocenters. The first-order valence-electron chi connectivity index (χ1n) is 8.17. The third-order valence-corrected chi connectivity index (χ3v) is 4.48. The number of halogens is 1. The Kier molecular flexibility index (Phi) is 5.48. The second-order valence-corrected chi connectivity index (χ2v) is 6.47. The van der Waals surface area contributed by atoms with Crippen molar-refractivity contribution in [2.45, 2.75) is 44.1 Å². The first-order chi connectivity index (χ1) is 11.6. The number of hydrogen-bond acceptors (Lipinski definition) is 5. The maximum Gasteiger partial charge on any atom is 0.253 e. The van der Waals surface area contributed by atoms with Crippen LogP contribution in [-0.2, 0) is 11.2 Å². The fourth-order valence-electron chi connectivity index (χ4n) is 2.93. The van der Waals surface area contributed by atoms with Gasteiger partial charge in [0.05, 0.1) is 0 Å². The van der Waals surface area contributed by atoms with Gasteiger partial charge in [-0.25, -0.2) is 0 Å². The summed E-state index contributed by atoms with van der Waals surface area (Å²) in [4.78, 5) is 16.4. The Morgan fingerprint density at radius 2 is 2.21 bits per heavy atom. The van der Waals surface area contributed by atoms with Crippen molar-refractivity contribution < 1.29 is 14.4 Å². The number of carbonyl (C=O) groups is 1. The molecular weight excluding hydrogens is 330 g/mol. The van der Waals surface area contributed by atoms with Crippen LogP contribution in [0.25, 0.3) is 0 Å². The molecule has 1 heterocycles. The summed E-state index contributed by atoms with van der Waals surface area (Å²) in [5.41, 5.74) is 0.461. The predicted molar refractivity (Wildman–Crippen MR) is 88.6 cm³/mol. The van der Waals surface area contributed by atoms with Crippen molar-refractivity contribution in [3.8, 4) is 0 Å². The SMILES string of the molecule is O=C(NCCc1noc(C2CCCC2)n1)C(O)c1cccc(Cl)c1. The highest BCUT2D eigenvalue weighted by molar-refractivity contribution is 6.30. The Hall–Kier alpha value is -1.92. The number of hydrogen-bond donors (Lipinski definition) is 2. The van der Waals surface area contributed by atoms with Gasteiger partial charge in [0.15, 0.2) is 11.9 Å². The van der Waals surface area contributed by atoms with Crippen molar-refractivity contribution in [1.29, 1.82) is 0 Å². The standard InChI is InChI=1S/C17H20ClN3O3/c18-13-7-3-6-12(10-13)15(22)16(23)19-9-8-14-20-17(24-21-14)11-4-1-2-5-11/h3,6-7,10-11,15,22H,1-2,4-5,8-9H2,(H,19,23). The van der Waals surface area contributed by atoms with E-state index in [1.807, 2.05) is 0 Å². The molecule has 3 rings (SSSR count). The van der Waals surface area contributed by atoms with Crippen LogP contribution >= 0.6 is 11.6 Å². The van der Waals surface area contributed by atoms with Crippen LogP contribution in [0.4, 0.5) is 0 Å². The highest BCUT2D eigenvalue weighted by atomic mass is 35.5. The van der Waals surface area contributed by atoms with Gasteiger partial charge in [-0.3, -0.25) is 4.79 Å². The minimum Gasteiger partial charge on any atom is -0.378 e. The topological polar surface area (TPSA) is 88.3 Å². The van der Waals surface area contributed by atoms with Crippen LogP contribution in [0, 0.1) is 0 Å². The van der Waals surface area contributed by atoms with E-state index in [2.05, 4.69) is 15.5 Å². The summed E-state index contributed by atoms with van der Waals surface area (Å²) in [7, 11) is 0. The summed E-state index contributed by atoms with van der Waals surface area (Å²) in [6, 6.07) is 6.61. The van der Waals surface area contributed by atoms with Crippen LogP contribution in [0.1, 0.15) is 55.0 Å². The van der Waals surface area contributed by atoms with E-state index in [4.69, 9.17) is 16.1 Å². The average molecular weight is 350 g/mol. The Morgan fingerprint density at radius 1 is 1.42 bits per heavy atom. The molecule has 2 N–H and O–H groups in total. The summed E-state index contributed by atoms with van der Waals surface area (Å²) in [6.07, 6.45) is 3.83. The minimum atomic E-state index is -1.25. The van der Waals surface area contributed by atoms with Gasteiger partial charge in [-0.2, -0.15) is 4.98 Å². The number of nitrogens with zero attached hydrogens (tertiary/aromatic N) is 2. The Balaban J connectivity index is 1.48. The molecule has 0 bridgehead atoms. The number of benzene rings is 1. The third kappa shape index (κ3) is 4.13. The summed E-state index contributed by atoms with van der Waals surface area (Å²) < 4.78 is 5.30. The highest BCUT2D eigenvalue weighted by Crippen LogP contribution is 2.32. The second-order valence-electron chi connectivity index (χ2n) is 6.03. The van der Waals surface area contributed by atoms with Crippen molar-refractivity contribution in [3.05, 3.63) is 46.6 Å². The largest absolute Gasteiger partial charge is 0.378 e. The lowest BCUT2D eigenvalue weighted by atomic mass is 10.1. The molecule has 2 aromatic rings. The Labute approximate surface area is 145 Å². The van der Waals surface area contributed by atoms with Crippen LogP contribution < -0.4 is 5.32 Å². The molecule has 1 fully saturated rings. The summed E-state index contributed by atoms with van der Waals surface area (Å²) >= 11 is 5.86. The van der Waals surface area contributed by atoms with Crippen LogP contribution in [-0.4, -0.2) is 27.7 Å². The van der Waals surface area contributed by atoms with E-state index in [9.17, 15) is 9.90 Å². The number of aliphatic hydroxyl groups is 1. The maximum atomic E-state index is 12.0. The van der Waals surface area contributed by atoms with Crippen molar-refractivity contribution in [3.63, 3.8) is 0 Å². The molecule has 1 amide bonds. The third-order valence-electron chi connectivity index (χ3n) is 4.25. The van der Waals surface area contributed by atoms with Crippen LogP contribution in [0.2, 0.25) is 5.02 Å². The summed E-state index contributed by atoms with van der Waals surface area (Å²) in [5.74, 6) is 1.18. The minimum absolute atomic E-state index is 0.333. The molecule has 1 saturated carbocycles. The van der Waals surface area contributed by atoms with Gasteiger partial charge >= 0.3 is 0 Å². The lowest BCUT2D eigenvalue weighted by Gasteiger charge is -2.11. The summed E-state index contributed by atoms with van der Waals surface area (Å²) in [5, 5.41) is 17.1. The van der Waals surface area contributed by atoms with Gasteiger partial charge in [0, 0.05) is 23.9 Å². The Morgan fingerprint density at radius 3 is 2.96 bits per heavy atom. The number of rotatable bonds is 6. The first kappa shape index (κ1) is 16.9. The molecule has 1 aromatic carbocycles. The molecule has 128 valence electrons. The summed E-state index contributed by atoms with van der Waals surface area (Å²) in [6.45, 7) is 0.333. The van der Waals surface area contributed by atoms with Gasteiger partial charge in [0.2, 0.25) is 5.89 Å². The van der Waals surface area contributed by atoms with Crippen molar-refractivity contribution in [1.82, 2.24) is 15.5 Å². The van der Waals surface area contributed by atoms with E-state index in [0.29, 0.717) is 41.2 Å². The quantitative estimate of drug-likeness (QED) is 0.837. The van der Waals surface area contributed by atoms with Gasteiger partial charge in [-0.05, 0) is 30.5 Å². The van der Waals surface area contributed by atoms with Gasteiger partial charge in [0.1, 0.15) is 0 Å². The van der Waals surface area contributed by atoms with Crippen LogP contribution in [0.5, 0.6) is 0 Å². The molecule has 1 aromatic heterocycles. The molecule has 1 aliphatic rings. The number of amides is 1. The highest BCUT2D eigenvalue weighted by Gasteiger charge is 2.23. The molecule has 0 spiro atoms. The van der Waals surface area contributed by atoms with E-state index < -0.39 is 12.0 Å². The molecule has 1 aliphatic carbocycles. The zero-order valence-electron chi connectivity index (χ0n) is 13.2. The average Bonchev–Trinajstić information content (AvgIpc) is 3.25. The number of aliphatic hydroxyl groups excluding tert-OH is 1. The molecule has 0 saturated heterocycles. The monoisotopic (exact) mass is 349 g/mol. The number of carbonyl (C=O) groups excluding carboxylic acids is 1. The molecule has 24 heavy (non-hydrogen) atoms. The van der Waals surface area contributed by atoms with Gasteiger partial charge in [-0.15, -0.1) is 0 Å². The van der Waals surface area contributed by atoms with E-state index in [0.717, 1.165) is 12.8 Å². The molecule has 1 unspecified atom stereocenters. The number of aromatic nitrogens is 2. The lowest BCUT2D eigenvalue weighted by molar-refractivity contribution is -0.129. The van der Waals surface area contributed by atoms with Gasteiger partial charge < -0.3 is 14.9 Å². The van der Waals surface area contributed by atoms with Crippen molar-refractivity contribution >= 4 is 17.5 Å².